The first kappa shape index (κ1) is 9.39. The molecule has 1 heterocycles. The van der Waals surface area contributed by atoms with Crippen molar-refractivity contribution in [3.05, 3.63) is 29.2 Å². The van der Waals surface area contributed by atoms with E-state index in [4.69, 9.17) is 0 Å². The molecule has 0 atom stereocenters. The minimum Gasteiger partial charge on any atom is -0.619 e. The lowest BCUT2D eigenvalue weighted by molar-refractivity contribution is -0.606. The van der Waals surface area contributed by atoms with Crippen LogP contribution < -0.4 is 4.73 Å². The van der Waals surface area contributed by atoms with Gasteiger partial charge in [0.05, 0.1) is 0 Å². The highest BCUT2D eigenvalue weighted by Crippen LogP contribution is 2.20. The lowest BCUT2D eigenvalue weighted by Crippen LogP contribution is -2.24. The van der Waals surface area contributed by atoms with E-state index in [1.165, 1.54) is 4.90 Å². The molecule has 0 fully saturated rings. The van der Waals surface area contributed by atoms with Crippen LogP contribution in [0.1, 0.15) is 18.9 Å². The highest BCUT2D eigenvalue weighted by molar-refractivity contribution is 7.99. The molecule has 0 amide bonds. The van der Waals surface area contributed by atoms with Crippen LogP contribution in [0.25, 0.3) is 0 Å². The Balaban J connectivity index is 2.72. The van der Waals surface area contributed by atoms with Gasteiger partial charge in [-0.05, 0) is 19.1 Å². The minimum atomic E-state index is 0.839. The lowest BCUT2D eigenvalue weighted by atomic mass is 10.3. The Morgan fingerprint density at radius 3 is 2.92 bits per heavy atom. The van der Waals surface area contributed by atoms with Gasteiger partial charge < -0.3 is 5.21 Å². The summed E-state index contributed by atoms with van der Waals surface area (Å²) in [4.78, 5) is 1.21. The van der Waals surface area contributed by atoms with E-state index in [0.717, 1.165) is 22.5 Å². The van der Waals surface area contributed by atoms with Gasteiger partial charge in [0.15, 0.2) is 12.4 Å². The third-order valence-electron chi connectivity index (χ3n) is 1.54. The van der Waals surface area contributed by atoms with Gasteiger partial charge in [-0.1, -0.05) is 6.92 Å². The van der Waals surface area contributed by atoms with E-state index in [0.29, 0.717) is 0 Å². The molecule has 0 unspecified atom stereocenters. The van der Waals surface area contributed by atoms with E-state index in [1.54, 1.807) is 24.2 Å². The predicted octanol–water partition coefficient (Wildman–Crippen LogP) is 2.13. The van der Waals surface area contributed by atoms with E-state index in [2.05, 4.69) is 6.92 Å². The maximum Gasteiger partial charge on any atom is 0.184 e. The van der Waals surface area contributed by atoms with Crippen molar-refractivity contribution in [3.63, 3.8) is 0 Å². The van der Waals surface area contributed by atoms with Gasteiger partial charge in [0.25, 0.3) is 0 Å². The van der Waals surface area contributed by atoms with Crippen LogP contribution in [-0.2, 0) is 0 Å². The quantitative estimate of drug-likeness (QED) is 0.408. The first-order valence-corrected chi connectivity index (χ1v) is 5.05. The maximum absolute atomic E-state index is 10.8. The van der Waals surface area contributed by atoms with Crippen LogP contribution in [0.4, 0.5) is 0 Å². The number of pyridine rings is 1. The molecular formula is C9H13NOS. The number of nitrogens with zero attached hydrogens (tertiary/aromatic N) is 1. The lowest BCUT2D eigenvalue weighted by Gasteiger charge is -2.03. The van der Waals surface area contributed by atoms with Crippen molar-refractivity contribution in [3.8, 4) is 0 Å². The van der Waals surface area contributed by atoms with Crippen molar-refractivity contribution >= 4 is 11.8 Å². The zero-order chi connectivity index (χ0) is 8.97. The van der Waals surface area contributed by atoms with Crippen LogP contribution in [0.15, 0.2) is 23.4 Å². The standard InChI is InChI=1S/C9H13NOS/c1-3-6-12-9-4-5-10(11)7-8(9)2/h4-5,7H,3,6H2,1-2H3. The van der Waals surface area contributed by atoms with Crippen LogP contribution in [0.3, 0.4) is 0 Å². The summed E-state index contributed by atoms with van der Waals surface area (Å²) >= 11 is 1.80. The molecule has 1 aromatic rings. The predicted molar refractivity (Wildman–Crippen MR) is 51.2 cm³/mol. The fourth-order valence-electron chi connectivity index (χ4n) is 0.944. The Morgan fingerprint density at radius 2 is 2.33 bits per heavy atom. The Labute approximate surface area is 77.2 Å². The number of hydrogen-bond donors (Lipinski definition) is 0. The number of hydrogen-bond acceptors (Lipinski definition) is 2. The normalized spacial score (nSPS) is 10.2. The number of thioether (sulfide) groups is 1. The summed E-state index contributed by atoms with van der Waals surface area (Å²) in [7, 11) is 0. The van der Waals surface area contributed by atoms with Crippen LogP contribution in [-0.4, -0.2) is 5.75 Å². The van der Waals surface area contributed by atoms with Crippen molar-refractivity contribution in [2.45, 2.75) is 25.2 Å². The molecule has 0 aromatic carbocycles. The molecule has 0 N–H and O–H groups in total. The van der Waals surface area contributed by atoms with E-state index >= 15 is 0 Å². The Kier molecular flexibility index (Phi) is 3.41. The van der Waals surface area contributed by atoms with Gasteiger partial charge in [-0.3, -0.25) is 0 Å². The van der Waals surface area contributed by atoms with Gasteiger partial charge in [-0.2, -0.15) is 4.73 Å². The van der Waals surface area contributed by atoms with Gasteiger partial charge in [-0.15, -0.1) is 11.8 Å². The van der Waals surface area contributed by atoms with E-state index in [9.17, 15) is 5.21 Å². The summed E-state index contributed by atoms with van der Waals surface area (Å²) < 4.78 is 0.839. The molecule has 0 aliphatic heterocycles. The zero-order valence-electron chi connectivity index (χ0n) is 7.41. The molecule has 1 rings (SSSR count). The molecule has 0 aliphatic rings. The molecule has 0 saturated carbocycles. The minimum absolute atomic E-state index is 0.839. The fourth-order valence-corrected chi connectivity index (χ4v) is 1.81. The van der Waals surface area contributed by atoms with Crippen molar-refractivity contribution in [1.29, 1.82) is 0 Å². The van der Waals surface area contributed by atoms with Crippen molar-refractivity contribution in [2.24, 2.45) is 0 Å². The van der Waals surface area contributed by atoms with E-state index in [-0.39, 0.29) is 0 Å². The van der Waals surface area contributed by atoms with Crippen LogP contribution in [0.5, 0.6) is 0 Å². The smallest absolute Gasteiger partial charge is 0.184 e. The van der Waals surface area contributed by atoms with Gasteiger partial charge in [0, 0.05) is 16.5 Å². The third-order valence-corrected chi connectivity index (χ3v) is 2.93. The molecule has 0 bridgehead atoms. The molecule has 0 saturated heterocycles. The average Bonchev–Trinajstić information content (AvgIpc) is 2.03. The van der Waals surface area contributed by atoms with Crippen LogP contribution >= 0.6 is 11.8 Å². The zero-order valence-corrected chi connectivity index (χ0v) is 8.23. The molecule has 2 nitrogen and oxygen atoms in total. The summed E-state index contributed by atoms with van der Waals surface area (Å²) in [6.07, 6.45) is 4.32. The van der Waals surface area contributed by atoms with Crippen molar-refractivity contribution in [2.75, 3.05) is 5.75 Å². The van der Waals surface area contributed by atoms with Gasteiger partial charge in [0.2, 0.25) is 0 Å². The highest BCUT2D eigenvalue weighted by Gasteiger charge is 2.01. The largest absolute Gasteiger partial charge is 0.619 e. The van der Waals surface area contributed by atoms with Gasteiger partial charge >= 0.3 is 0 Å². The molecular weight excluding hydrogens is 170 g/mol. The summed E-state index contributed by atoms with van der Waals surface area (Å²) in [6.45, 7) is 4.12. The highest BCUT2D eigenvalue weighted by atomic mass is 32.2. The van der Waals surface area contributed by atoms with Crippen molar-refractivity contribution < 1.29 is 4.73 Å². The Hall–Kier alpha value is -0.700. The first-order valence-electron chi connectivity index (χ1n) is 4.06. The van der Waals surface area contributed by atoms with Crippen LogP contribution in [0, 0.1) is 12.1 Å². The SMILES string of the molecule is CCCSc1cc[n+]([O-])cc1C. The summed E-state index contributed by atoms with van der Waals surface area (Å²) in [6, 6.07) is 1.88. The molecule has 0 spiro atoms. The van der Waals surface area contributed by atoms with E-state index < -0.39 is 0 Å². The third kappa shape index (κ3) is 2.41. The Bertz CT molecular complexity index is 263. The second kappa shape index (κ2) is 4.36. The van der Waals surface area contributed by atoms with Gasteiger partial charge in [-0.25, -0.2) is 0 Å². The number of aryl methyl sites for hydroxylation is 1. The van der Waals surface area contributed by atoms with Crippen LogP contribution in [0.2, 0.25) is 0 Å². The molecule has 66 valence electrons. The molecule has 3 heteroatoms. The Morgan fingerprint density at radius 1 is 1.58 bits per heavy atom. The molecule has 12 heavy (non-hydrogen) atoms. The monoisotopic (exact) mass is 183 g/mol. The van der Waals surface area contributed by atoms with Gasteiger partial charge in [0.1, 0.15) is 0 Å². The number of rotatable bonds is 3. The second-order valence-corrected chi connectivity index (χ2v) is 3.84. The molecule has 1 aromatic heterocycles. The summed E-state index contributed by atoms with van der Waals surface area (Å²) in [5.41, 5.74) is 1.06. The first-order chi connectivity index (χ1) is 5.74. The maximum atomic E-state index is 10.8. The molecule has 0 radical (unpaired) electrons. The van der Waals surface area contributed by atoms with E-state index in [1.807, 2.05) is 13.0 Å². The van der Waals surface area contributed by atoms with Crippen molar-refractivity contribution in [1.82, 2.24) is 0 Å². The average molecular weight is 183 g/mol. The summed E-state index contributed by atoms with van der Waals surface area (Å²) in [5.74, 6) is 1.11. The topological polar surface area (TPSA) is 26.9 Å². The fraction of sp³-hybridized carbons (Fsp3) is 0.444. The number of aromatic nitrogens is 1. The molecule has 0 aliphatic carbocycles. The second-order valence-electron chi connectivity index (χ2n) is 2.70. The summed E-state index contributed by atoms with van der Waals surface area (Å²) in [5, 5.41) is 10.8.